The minimum Gasteiger partial charge on any atom is -0.481 e. The molecule has 0 saturated heterocycles. The molecule has 0 aromatic heterocycles. The number of nitrogens with zero attached hydrogens (tertiary/aromatic N) is 1. The van der Waals surface area contributed by atoms with Gasteiger partial charge < -0.3 is 15.3 Å². The number of rotatable bonds is 20. The Hall–Kier alpha value is -1.89. The number of quaternary nitrogens is 1. The smallest absolute Gasteiger partial charge is 0.303 e. The van der Waals surface area contributed by atoms with Crippen LogP contribution in [0.1, 0.15) is 90.4 Å². The van der Waals surface area contributed by atoms with E-state index >= 15 is 0 Å². The molecule has 7 nitrogen and oxygen atoms in total. The van der Waals surface area contributed by atoms with E-state index < -0.39 is 17.9 Å². The highest BCUT2D eigenvalue weighted by Gasteiger charge is 2.25. The van der Waals surface area contributed by atoms with E-state index in [1.165, 1.54) is 32.1 Å². The Morgan fingerprint density at radius 3 is 1.48 bits per heavy atom. The molecule has 0 bridgehead atoms. The highest BCUT2D eigenvalue weighted by atomic mass is 16.4. The van der Waals surface area contributed by atoms with Gasteiger partial charge in [0, 0.05) is 19.3 Å². The molecule has 0 saturated carbocycles. The van der Waals surface area contributed by atoms with E-state index in [2.05, 4.69) is 19.2 Å². The maximum Gasteiger partial charge on any atom is 0.303 e. The monoisotopic (exact) mass is 414 g/mol. The number of allylic oxidation sites excluding steroid dienone is 1. The van der Waals surface area contributed by atoms with Gasteiger partial charge in [-0.25, -0.2) is 0 Å². The fraction of sp³-hybridized carbons (Fsp3) is 0.773. The molecule has 0 unspecified atom stereocenters. The molecular formula is C22H40NO6+. The van der Waals surface area contributed by atoms with Crippen LogP contribution in [-0.4, -0.2) is 57.3 Å². The molecule has 0 amide bonds. The fourth-order valence-corrected chi connectivity index (χ4v) is 3.54. The predicted octanol–water partition coefficient (Wildman–Crippen LogP) is 4.66. The van der Waals surface area contributed by atoms with E-state index in [0.717, 1.165) is 12.8 Å². The third kappa shape index (κ3) is 16.7. The number of carbonyl (C=O) groups is 3. The first kappa shape index (κ1) is 27.1. The molecule has 0 atom stereocenters. The molecule has 168 valence electrons. The predicted molar refractivity (Wildman–Crippen MR) is 113 cm³/mol. The van der Waals surface area contributed by atoms with Crippen LogP contribution in [0.25, 0.3) is 0 Å². The number of aliphatic carboxylic acids is 3. The van der Waals surface area contributed by atoms with Gasteiger partial charge in [0.1, 0.15) is 0 Å². The van der Waals surface area contributed by atoms with Gasteiger partial charge in [-0.3, -0.25) is 18.9 Å². The molecule has 0 aliphatic heterocycles. The lowest BCUT2D eigenvalue weighted by atomic mass is 10.1. The molecule has 3 N–H and O–H groups in total. The van der Waals surface area contributed by atoms with Crippen molar-refractivity contribution < 1.29 is 34.2 Å². The van der Waals surface area contributed by atoms with Crippen LogP contribution in [0, 0.1) is 0 Å². The third-order valence-electron chi connectivity index (χ3n) is 5.13. The molecule has 0 spiro atoms. The summed E-state index contributed by atoms with van der Waals surface area (Å²) in [5.74, 6) is -2.55. The second-order valence-corrected chi connectivity index (χ2v) is 7.82. The Labute approximate surface area is 175 Å². The van der Waals surface area contributed by atoms with Crippen LogP contribution < -0.4 is 0 Å². The van der Waals surface area contributed by atoms with Gasteiger partial charge >= 0.3 is 17.9 Å². The Bertz CT molecular complexity index is 453. The topological polar surface area (TPSA) is 112 Å². The second-order valence-electron chi connectivity index (χ2n) is 7.82. The van der Waals surface area contributed by atoms with Gasteiger partial charge in [-0.2, -0.15) is 0 Å². The minimum atomic E-state index is -0.852. The standard InChI is InChI=1S/C22H39NO6/c1-2-3-4-5-6-7-8-9-16-23(17-10-13-20(24)25,18-11-14-21(26)27)19-12-15-22(28)29/h9,16H,2-8,10-15,17-19H2,1H3,(H2-,24,25,26,27,28,29)/p+1/b16-9+. The van der Waals surface area contributed by atoms with Gasteiger partial charge in [0.05, 0.1) is 45.1 Å². The number of unbranched alkanes of at least 4 members (excludes halogenated alkanes) is 6. The van der Waals surface area contributed by atoms with E-state index in [-0.39, 0.29) is 19.3 Å². The summed E-state index contributed by atoms with van der Waals surface area (Å²) in [4.78, 5) is 32.8. The van der Waals surface area contributed by atoms with Gasteiger partial charge in [0.25, 0.3) is 0 Å². The van der Waals surface area contributed by atoms with Crippen LogP contribution in [-0.2, 0) is 14.4 Å². The normalized spacial score (nSPS) is 11.8. The van der Waals surface area contributed by atoms with Crippen LogP contribution in [0.5, 0.6) is 0 Å². The molecule has 0 radical (unpaired) electrons. The van der Waals surface area contributed by atoms with Crippen LogP contribution >= 0.6 is 0 Å². The summed E-state index contributed by atoms with van der Waals surface area (Å²) in [6.07, 6.45) is 14.0. The number of carboxylic acid groups (broad SMARTS) is 3. The van der Waals surface area contributed by atoms with E-state index in [4.69, 9.17) is 15.3 Å². The van der Waals surface area contributed by atoms with Crippen LogP contribution in [0.4, 0.5) is 0 Å². The summed E-state index contributed by atoms with van der Waals surface area (Å²) in [5.41, 5.74) is 0. The highest BCUT2D eigenvalue weighted by Crippen LogP contribution is 2.17. The molecule has 29 heavy (non-hydrogen) atoms. The Balaban J connectivity index is 4.91. The number of hydrogen-bond donors (Lipinski definition) is 3. The first-order valence-electron chi connectivity index (χ1n) is 11.0. The lowest BCUT2D eigenvalue weighted by Gasteiger charge is -2.35. The highest BCUT2D eigenvalue weighted by molar-refractivity contribution is 5.67. The van der Waals surface area contributed by atoms with Crippen molar-refractivity contribution in [2.45, 2.75) is 90.4 Å². The summed E-state index contributed by atoms with van der Waals surface area (Å²) in [6.45, 7) is 3.94. The fourth-order valence-electron chi connectivity index (χ4n) is 3.54. The van der Waals surface area contributed by atoms with Crippen molar-refractivity contribution >= 4 is 17.9 Å². The van der Waals surface area contributed by atoms with Gasteiger partial charge in [-0.1, -0.05) is 39.0 Å². The van der Waals surface area contributed by atoms with Crippen molar-refractivity contribution in [1.82, 2.24) is 0 Å². The number of carboxylic acids is 3. The number of hydrogen-bond acceptors (Lipinski definition) is 3. The van der Waals surface area contributed by atoms with Crippen molar-refractivity contribution in [1.29, 1.82) is 0 Å². The SMILES string of the molecule is CCCCCCCC/C=C/[N+](CCCC(=O)O)(CCCC(=O)O)CCCC(=O)O. The molecule has 0 heterocycles. The van der Waals surface area contributed by atoms with E-state index in [1.54, 1.807) is 0 Å². The van der Waals surface area contributed by atoms with Crippen LogP contribution in [0.15, 0.2) is 12.3 Å². The van der Waals surface area contributed by atoms with E-state index in [1.807, 2.05) is 0 Å². The first-order chi connectivity index (χ1) is 13.8. The summed E-state index contributed by atoms with van der Waals surface area (Å²) >= 11 is 0. The molecule has 0 aliphatic carbocycles. The third-order valence-corrected chi connectivity index (χ3v) is 5.13. The summed E-state index contributed by atoms with van der Waals surface area (Å²) in [7, 11) is 0. The van der Waals surface area contributed by atoms with Crippen molar-refractivity contribution in [3.63, 3.8) is 0 Å². The lowest BCUT2D eigenvalue weighted by molar-refractivity contribution is -0.880. The zero-order valence-corrected chi connectivity index (χ0v) is 18.0. The lowest BCUT2D eigenvalue weighted by Crippen LogP contribution is -2.45. The quantitative estimate of drug-likeness (QED) is 0.197. The van der Waals surface area contributed by atoms with Crippen molar-refractivity contribution in [2.24, 2.45) is 0 Å². The average Bonchev–Trinajstić information content (AvgIpc) is 2.63. The molecule has 0 aromatic carbocycles. The minimum absolute atomic E-state index is 0.0587. The van der Waals surface area contributed by atoms with Crippen molar-refractivity contribution in [3.05, 3.63) is 12.3 Å². The van der Waals surface area contributed by atoms with Gasteiger partial charge in [-0.05, 0) is 18.9 Å². The molecule has 0 aromatic rings. The van der Waals surface area contributed by atoms with Crippen molar-refractivity contribution in [3.8, 4) is 0 Å². The van der Waals surface area contributed by atoms with E-state index in [9.17, 15) is 14.4 Å². The van der Waals surface area contributed by atoms with Crippen molar-refractivity contribution in [2.75, 3.05) is 19.6 Å². The summed E-state index contributed by atoms with van der Waals surface area (Å²) in [6, 6.07) is 0. The largest absolute Gasteiger partial charge is 0.481 e. The summed E-state index contributed by atoms with van der Waals surface area (Å²) < 4.78 is 0.462. The van der Waals surface area contributed by atoms with Gasteiger partial charge in [0.2, 0.25) is 0 Å². The first-order valence-corrected chi connectivity index (χ1v) is 11.0. The zero-order chi connectivity index (χ0) is 22.0. The molecule has 0 fully saturated rings. The van der Waals surface area contributed by atoms with Gasteiger partial charge in [0.15, 0.2) is 0 Å². The Morgan fingerprint density at radius 2 is 1.07 bits per heavy atom. The Kier molecular flexibility index (Phi) is 15.9. The van der Waals surface area contributed by atoms with Gasteiger partial charge in [-0.15, -0.1) is 0 Å². The zero-order valence-electron chi connectivity index (χ0n) is 18.0. The van der Waals surface area contributed by atoms with Crippen LogP contribution in [0.2, 0.25) is 0 Å². The van der Waals surface area contributed by atoms with Crippen LogP contribution in [0.3, 0.4) is 0 Å². The van der Waals surface area contributed by atoms with E-state index in [0.29, 0.717) is 43.4 Å². The molecule has 7 heteroatoms. The maximum atomic E-state index is 10.9. The maximum absolute atomic E-state index is 10.9. The molecular weight excluding hydrogens is 374 g/mol. The molecule has 0 rings (SSSR count). The average molecular weight is 415 g/mol. The Morgan fingerprint density at radius 1 is 0.655 bits per heavy atom. The second kappa shape index (κ2) is 17.0. The summed E-state index contributed by atoms with van der Waals surface area (Å²) in [5, 5.41) is 26.9. The molecule has 0 aliphatic rings.